The van der Waals surface area contributed by atoms with Gasteiger partial charge in [0.05, 0.1) is 11.7 Å². The number of thiocarbonyl (C=S) groups is 1. The second-order valence-electron chi connectivity index (χ2n) is 5.77. The average Bonchev–Trinajstić information content (AvgIpc) is 2.68. The second kappa shape index (κ2) is 7.29. The molecule has 4 aromatic rings. The molecule has 0 bridgehead atoms. The molecule has 0 atom stereocenters. The Morgan fingerprint density at radius 1 is 0.885 bits per heavy atom. The van der Waals surface area contributed by atoms with E-state index in [2.05, 4.69) is 39.0 Å². The summed E-state index contributed by atoms with van der Waals surface area (Å²) in [6.45, 7) is 0. The van der Waals surface area contributed by atoms with Crippen molar-refractivity contribution in [2.75, 3.05) is 5.32 Å². The van der Waals surface area contributed by atoms with Crippen LogP contribution in [-0.2, 0) is 0 Å². The molecule has 0 saturated carbocycles. The van der Waals surface area contributed by atoms with Gasteiger partial charge in [0.25, 0.3) is 0 Å². The number of nitrogens with zero attached hydrogens (tertiary/aromatic N) is 2. The van der Waals surface area contributed by atoms with E-state index in [0.717, 1.165) is 32.9 Å². The summed E-state index contributed by atoms with van der Waals surface area (Å²) in [6, 6.07) is 24.1. The third kappa shape index (κ3) is 3.38. The number of benzene rings is 3. The number of hydrogen-bond donors (Lipinski definition) is 2. The maximum absolute atomic E-state index is 5.36. The van der Waals surface area contributed by atoms with E-state index in [9.17, 15) is 0 Å². The minimum Gasteiger partial charge on any atom is -0.331 e. The Labute approximate surface area is 156 Å². The van der Waals surface area contributed by atoms with Crippen molar-refractivity contribution in [2.45, 2.75) is 0 Å². The Hall–Kier alpha value is -3.31. The Morgan fingerprint density at radius 3 is 2.58 bits per heavy atom. The van der Waals surface area contributed by atoms with Crippen LogP contribution < -0.4 is 10.7 Å². The van der Waals surface area contributed by atoms with Crippen LogP contribution in [0.25, 0.3) is 21.7 Å². The number of aromatic nitrogens is 1. The largest absolute Gasteiger partial charge is 0.331 e. The monoisotopic (exact) mass is 356 g/mol. The Kier molecular flexibility index (Phi) is 4.53. The van der Waals surface area contributed by atoms with Gasteiger partial charge in [-0.2, -0.15) is 5.10 Å². The SMILES string of the molecule is S=C(N/N=C\c1ccnc2ccccc12)Nc1cccc2ccccc12. The maximum atomic E-state index is 5.36. The Morgan fingerprint density at radius 2 is 1.65 bits per heavy atom. The highest BCUT2D eigenvalue weighted by atomic mass is 32.1. The lowest BCUT2D eigenvalue weighted by Crippen LogP contribution is -2.24. The molecule has 26 heavy (non-hydrogen) atoms. The van der Waals surface area contributed by atoms with Crippen molar-refractivity contribution in [1.82, 2.24) is 10.4 Å². The number of pyridine rings is 1. The van der Waals surface area contributed by atoms with Gasteiger partial charge in [0.15, 0.2) is 5.11 Å². The molecule has 3 aromatic carbocycles. The van der Waals surface area contributed by atoms with Crippen molar-refractivity contribution in [3.05, 3.63) is 84.6 Å². The van der Waals surface area contributed by atoms with Gasteiger partial charge in [-0.25, -0.2) is 0 Å². The summed E-state index contributed by atoms with van der Waals surface area (Å²) in [5.41, 5.74) is 5.75. The molecule has 4 rings (SSSR count). The minimum absolute atomic E-state index is 0.441. The highest BCUT2D eigenvalue weighted by Gasteiger charge is 2.02. The molecule has 0 unspecified atom stereocenters. The normalized spacial score (nSPS) is 11.1. The van der Waals surface area contributed by atoms with E-state index in [1.807, 2.05) is 54.6 Å². The van der Waals surface area contributed by atoms with Crippen molar-refractivity contribution < 1.29 is 0 Å². The lowest BCUT2D eigenvalue weighted by Gasteiger charge is -2.10. The van der Waals surface area contributed by atoms with Gasteiger partial charge in [-0.3, -0.25) is 10.4 Å². The molecular weight excluding hydrogens is 340 g/mol. The van der Waals surface area contributed by atoms with Crippen molar-refractivity contribution >= 4 is 50.9 Å². The molecule has 1 aromatic heterocycles. The summed E-state index contributed by atoms with van der Waals surface area (Å²) in [6.07, 6.45) is 3.53. The van der Waals surface area contributed by atoms with Crippen LogP contribution in [0.3, 0.4) is 0 Å². The van der Waals surface area contributed by atoms with E-state index < -0.39 is 0 Å². The second-order valence-corrected chi connectivity index (χ2v) is 6.18. The van der Waals surface area contributed by atoms with Gasteiger partial charge in [-0.05, 0) is 35.8 Å². The van der Waals surface area contributed by atoms with Crippen LogP contribution in [-0.4, -0.2) is 16.3 Å². The topological polar surface area (TPSA) is 49.3 Å². The predicted octanol–water partition coefficient (Wildman–Crippen LogP) is 4.71. The summed E-state index contributed by atoms with van der Waals surface area (Å²) in [5.74, 6) is 0. The molecule has 0 aliphatic rings. The first-order chi connectivity index (χ1) is 12.8. The van der Waals surface area contributed by atoms with Gasteiger partial charge in [-0.15, -0.1) is 0 Å². The first-order valence-corrected chi connectivity index (χ1v) is 8.64. The molecule has 4 nitrogen and oxygen atoms in total. The first kappa shape index (κ1) is 16.2. The summed E-state index contributed by atoms with van der Waals surface area (Å²) >= 11 is 5.36. The summed E-state index contributed by atoms with van der Waals surface area (Å²) in [4.78, 5) is 4.35. The summed E-state index contributed by atoms with van der Waals surface area (Å²) < 4.78 is 0. The molecule has 0 aliphatic heterocycles. The fourth-order valence-corrected chi connectivity index (χ4v) is 3.04. The Bertz CT molecular complexity index is 1110. The third-order valence-electron chi connectivity index (χ3n) is 4.09. The van der Waals surface area contributed by atoms with Gasteiger partial charge < -0.3 is 5.32 Å². The smallest absolute Gasteiger partial charge is 0.191 e. The number of fused-ring (bicyclic) bond motifs is 2. The fraction of sp³-hybridized carbons (Fsp3) is 0. The average molecular weight is 356 g/mol. The van der Waals surface area contributed by atoms with E-state index in [-0.39, 0.29) is 0 Å². The van der Waals surface area contributed by atoms with E-state index in [0.29, 0.717) is 5.11 Å². The van der Waals surface area contributed by atoms with Crippen LogP contribution in [0.1, 0.15) is 5.56 Å². The molecule has 1 heterocycles. The number of anilines is 1. The van der Waals surface area contributed by atoms with E-state index in [1.165, 1.54) is 0 Å². The minimum atomic E-state index is 0.441. The number of rotatable bonds is 3. The molecule has 5 heteroatoms. The van der Waals surface area contributed by atoms with Crippen LogP contribution in [0.15, 0.2) is 84.1 Å². The van der Waals surface area contributed by atoms with E-state index >= 15 is 0 Å². The molecule has 0 spiro atoms. The van der Waals surface area contributed by atoms with Crippen molar-refractivity contribution in [2.24, 2.45) is 5.10 Å². The quantitative estimate of drug-likeness (QED) is 0.317. The van der Waals surface area contributed by atoms with Crippen molar-refractivity contribution in [1.29, 1.82) is 0 Å². The summed E-state index contributed by atoms with van der Waals surface area (Å²) in [5, 5.41) is 11.2. The predicted molar refractivity (Wildman–Crippen MR) is 113 cm³/mol. The number of hydrazone groups is 1. The van der Waals surface area contributed by atoms with E-state index in [4.69, 9.17) is 12.2 Å². The van der Waals surface area contributed by atoms with Crippen molar-refractivity contribution in [3.8, 4) is 0 Å². The molecule has 0 saturated heterocycles. The zero-order valence-electron chi connectivity index (χ0n) is 13.9. The molecule has 0 fully saturated rings. The van der Waals surface area contributed by atoms with Crippen LogP contribution in [0.2, 0.25) is 0 Å². The standard InChI is InChI=1S/C21H16N4S/c26-21(24-20-11-5-7-15-6-1-2-8-17(15)20)25-23-14-16-12-13-22-19-10-4-3-9-18(16)19/h1-14H,(H2,24,25,26)/b23-14-. The lowest BCUT2D eigenvalue weighted by atomic mass is 10.1. The van der Waals surface area contributed by atoms with Gasteiger partial charge in [-0.1, -0.05) is 54.6 Å². The number of para-hydroxylation sites is 1. The zero-order chi connectivity index (χ0) is 17.8. The highest BCUT2D eigenvalue weighted by Crippen LogP contribution is 2.22. The van der Waals surface area contributed by atoms with E-state index in [1.54, 1.807) is 12.4 Å². The Balaban J connectivity index is 1.49. The molecule has 0 aliphatic carbocycles. The van der Waals surface area contributed by atoms with Gasteiger partial charge in [0.2, 0.25) is 0 Å². The van der Waals surface area contributed by atoms with Crippen molar-refractivity contribution in [3.63, 3.8) is 0 Å². The van der Waals surface area contributed by atoms with Gasteiger partial charge >= 0.3 is 0 Å². The number of nitrogens with one attached hydrogen (secondary N) is 2. The van der Waals surface area contributed by atoms with Gasteiger partial charge in [0.1, 0.15) is 0 Å². The zero-order valence-corrected chi connectivity index (χ0v) is 14.7. The molecule has 2 N–H and O–H groups in total. The molecule has 0 radical (unpaired) electrons. The molecule has 126 valence electrons. The lowest BCUT2D eigenvalue weighted by molar-refractivity contribution is 1.05. The van der Waals surface area contributed by atoms with Gasteiger partial charge in [0, 0.05) is 28.2 Å². The molecular formula is C21H16N4S. The maximum Gasteiger partial charge on any atom is 0.191 e. The highest BCUT2D eigenvalue weighted by molar-refractivity contribution is 7.80. The first-order valence-electron chi connectivity index (χ1n) is 8.23. The summed E-state index contributed by atoms with van der Waals surface area (Å²) in [7, 11) is 0. The van der Waals surface area contributed by atoms with Crippen LogP contribution in [0.4, 0.5) is 5.69 Å². The van der Waals surface area contributed by atoms with Crippen LogP contribution >= 0.6 is 12.2 Å². The van der Waals surface area contributed by atoms with Crippen LogP contribution in [0.5, 0.6) is 0 Å². The fourth-order valence-electron chi connectivity index (χ4n) is 2.88. The number of hydrogen-bond acceptors (Lipinski definition) is 3. The molecule has 0 amide bonds. The van der Waals surface area contributed by atoms with Crippen LogP contribution in [0, 0.1) is 0 Å². The third-order valence-corrected chi connectivity index (χ3v) is 4.28.